The fourth-order valence-electron chi connectivity index (χ4n) is 1.34. The minimum absolute atomic E-state index is 0.0193. The summed E-state index contributed by atoms with van der Waals surface area (Å²) in [6.45, 7) is 2.96. The first-order valence-electron chi connectivity index (χ1n) is 3.68. The molecule has 1 aliphatic heterocycles. The average Bonchev–Trinajstić information content (AvgIpc) is 2.04. The normalized spacial score (nSPS) is 28.8. The van der Waals surface area contributed by atoms with Gasteiger partial charge >= 0.3 is 11.9 Å². The lowest BCUT2D eigenvalue weighted by atomic mass is 9.84. The molecule has 0 bridgehead atoms. The van der Waals surface area contributed by atoms with Crippen molar-refractivity contribution in [2.45, 2.75) is 26.7 Å². The molecule has 1 saturated heterocycles. The first kappa shape index (κ1) is 8.90. The number of esters is 2. The van der Waals surface area contributed by atoms with Crippen LogP contribution in [0.4, 0.5) is 0 Å². The van der Waals surface area contributed by atoms with Crippen LogP contribution in [0.3, 0.4) is 0 Å². The van der Waals surface area contributed by atoms with Crippen LogP contribution in [0.1, 0.15) is 26.7 Å². The van der Waals surface area contributed by atoms with E-state index in [0.29, 0.717) is 0 Å². The standard InChI is InChI=1S/C8H10O4/c1-5(9)3-8(2)4-6(10)12-7(8)11/h3-4H2,1-2H3. The van der Waals surface area contributed by atoms with Crippen LogP contribution in [-0.2, 0) is 19.1 Å². The predicted octanol–water partition coefficient (Wildman–Crippen LogP) is 0.445. The van der Waals surface area contributed by atoms with Crippen LogP contribution in [0.5, 0.6) is 0 Å². The van der Waals surface area contributed by atoms with Crippen molar-refractivity contribution in [3.05, 3.63) is 0 Å². The molecule has 0 aromatic heterocycles. The molecule has 66 valence electrons. The van der Waals surface area contributed by atoms with Gasteiger partial charge < -0.3 is 4.74 Å². The molecular formula is C8H10O4. The Morgan fingerprint density at radius 3 is 2.50 bits per heavy atom. The molecule has 0 saturated carbocycles. The maximum atomic E-state index is 11.0. The van der Waals surface area contributed by atoms with Crippen LogP contribution in [0.15, 0.2) is 0 Å². The molecule has 1 aliphatic rings. The van der Waals surface area contributed by atoms with E-state index in [4.69, 9.17) is 0 Å². The van der Waals surface area contributed by atoms with Gasteiger partial charge in [0.05, 0.1) is 11.8 Å². The van der Waals surface area contributed by atoms with Crippen molar-refractivity contribution in [3.8, 4) is 0 Å². The number of ketones is 1. The van der Waals surface area contributed by atoms with Gasteiger partial charge in [0.15, 0.2) is 0 Å². The number of ether oxygens (including phenoxy) is 1. The largest absolute Gasteiger partial charge is 0.393 e. The summed E-state index contributed by atoms with van der Waals surface area (Å²) in [5.41, 5.74) is -0.914. The van der Waals surface area contributed by atoms with E-state index in [9.17, 15) is 14.4 Å². The van der Waals surface area contributed by atoms with E-state index in [1.807, 2.05) is 0 Å². The number of cyclic esters (lactones) is 2. The van der Waals surface area contributed by atoms with E-state index in [-0.39, 0.29) is 18.6 Å². The highest BCUT2D eigenvalue weighted by molar-refractivity contribution is 5.99. The van der Waals surface area contributed by atoms with Gasteiger partial charge in [0.2, 0.25) is 0 Å². The number of hydrogen-bond donors (Lipinski definition) is 0. The van der Waals surface area contributed by atoms with Gasteiger partial charge in [0.1, 0.15) is 5.78 Å². The Morgan fingerprint density at radius 1 is 1.58 bits per heavy atom. The molecule has 1 heterocycles. The van der Waals surface area contributed by atoms with E-state index >= 15 is 0 Å². The van der Waals surface area contributed by atoms with E-state index in [1.165, 1.54) is 6.92 Å². The highest BCUT2D eigenvalue weighted by atomic mass is 16.6. The lowest BCUT2D eigenvalue weighted by molar-refractivity contribution is -0.155. The summed E-state index contributed by atoms with van der Waals surface area (Å²) in [6, 6.07) is 0. The number of carbonyl (C=O) groups excluding carboxylic acids is 3. The molecule has 1 rings (SSSR count). The molecule has 0 radical (unpaired) electrons. The third-order valence-electron chi connectivity index (χ3n) is 1.87. The fourth-order valence-corrected chi connectivity index (χ4v) is 1.34. The Hall–Kier alpha value is -1.19. The van der Waals surface area contributed by atoms with Crippen molar-refractivity contribution in [1.82, 2.24) is 0 Å². The van der Waals surface area contributed by atoms with Gasteiger partial charge in [-0.1, -0.05) is 0 Å². The highest BCUT2D eigenvalue weighted by Gasteiger charge is 2.45. The summed E-state index contributed by atoms with van der Waals surface area (Å²) in [6.07, 6.45) is 0.100. The zero-order chi connectivity index (χ0) is 9.35. The van der Waals surface area contributed by atoms with Gasteiger partial charge in [-0.05, 0) is 13.8 Å². The third kappa shape index (κ3) is 1.52. The Kier molecular flexibility index (Phi) is 2.00. The second kappa shape index (κ2) is 2.69. The van der Waals surface area contributed by atoms with E-state index in [0.717, 1.165) is 0 Å². The Bertz CT molecular complexity index is 256. The van der Waals surface area contributed by atoms with Crippen LogP contribution in [-0.4, -0.2) is 17.7 Å². The van der Waals surface area contributed by atoms with Crippen molar-refractivity contribution in [3.63, 3.8) is 0 Å². The summed E-state index contributed by atoms with van der Waals surface area (Å²) in [7, 11) is 0. The van der Waals surface area contributed by atoms with E-state index in [2.05, 4.69) is 4.74 Å². The predicted molar refractivity (Wildman–Crippen MR) is 39.1 cm³/mol. The van der Waals surface area contributed by atoms with Crippen LogP contribution in [0.25, 0.3) is 0 Å². The second-order valence-electron chi connectivity index (χ2n) is 3.38. The lowest BCUT2D eigenvalue weighted by Gasteiger charge is -2.14. The molecule has 0 N–H and O–H groups in total. The monoisotopic (exact) mass is 170 g/mol. The minimum atomic E-state index is -0.914. The van der Waals surface area contributed by atoms with Gasteiger partial charge in [-0.25, -0.2) is 0 Å². The SMILES string of the molecule is CC(=O)CC1(C)CC(=O)OC1=O. The highest BCUT2D eigenvalue weighted by Crippen LogP contribution is 2.33. The van der Waals surface area contributed by atoms with Gasteiger partial charge in [-0.2, -0.15) is 0 Å². The number of hydrogen-bond acceptors (Lipinski definition) is 4. The Labute approximate surface area is 69.9 Å². The van der Waals surface area contributed by atoms with Crippen molar-refractivity contribution in [2.75, 3.05) is 0 Å². The first-order valence-corrected chi connectivity index (χ1v) is 3.68. The molecule has 1 fully saturated rings. The van der Waals surface area contributed by atoms with Crippen LogP contribution in [0, 0.1) is 5.41 Å². The summed E-state index contributed by atoms with van der Waals surface area (Å²) < 4.78 is 4.35. The maximum absolute atomic E-state index is 11.0. The third-order valence-corrected chi connectivity index (χ3v) is 1.87. The Morgan fingerprint density at radius 2 is 2.17 bits per heavy atom. The minimum Gasteiger partial charge on any atom is -0.393 e. The summed E-state index contributed by atoms with van der Waals surface area (Å²) >= 11 is 0. The molecule has 0 aromatic carbocycles. The number of rotatable bonds is 2. The molecular weight excluding hydrogens is 160 g/mol. The van der Waals surface area contributed by atoms with Crippen molar-refractivity contribution in [1.29, 1.82) is 0 Å². The zero-order valence-corrected chi connectivity index (χ0v) is 7.05. The van der Waals surface area contributed by atoms with E-state index < -0.39 is 17.4 Å². The molecule has 4 nitrogen and oxygen atoms in total. The first-order chi connectivity index (χ1) is 5.44. The van der Waals surface area contributed by atoms with Crippen molar-refractivity contribution < 1.29 is 19.1 Å². The molecule has 0 aromatic rings. The van der Waals surface area contributed by atoms with Gasteiger partial charge in [-0.15, -0.1) is 0 Å². The lowest BCUT2D eigenvalue weighted by Crippen LogP contribution is -2.24. The molecule has 0 spiro atoms. The fraction of sp³-hybridized carbons (Fsp3) is 0.625. The van der Waals surface area contributed by atoms with E-state index in [1.54, 1.807) is 6.92 Å². The van der Waals surface area contributed by atoms with Gasteiger partial charge in [0, 0.05) is 6.42 Å². The quantitative estimate of drug-likeness (QED) is 0.445. The molecule has 4 heteroatoms. The molecule has 12 heavy (non-hydrogen) atoms. The number of carbonyl (C=O) groups is 3. The van der Waals surface area contributed by atoms with Crippen molar-refractivity contribution in [2.24, 2.45) is 5.41 Å². The van der Waals surface area contributed by atoms with Gasteiger partial charge in [-0.3, -0.25) is 14.4 Å². The van der Waals surface area contributed by atoms with Crippen LogP contribution < -0.4 is 0 Å². The molecule has 1 unspecified atom stereocenters. The smallest absolute Gasteiger partial charge is 0.320 e. The molecule has 1 atom stereocenters. The van der Waals surface area contributed by atoms with Gasteiger partial charge in [0.25, 0.3) is 0 Å². The second-order valence-corrected chi connectivity index (χ2v) is 3.38. The summed E-state index contributed by atoms with van der Waals surface area (Å²) in [4.78, 5) is 32.5. The van der Waals surface area contributed by atoms with Crippen LogP contribution >= 0.6 is 0 Å². The zero-order valence-electron chi connectivity index (χ0n) is 7.05. The molecule has 0 aliphatic carbocycles. The summed E-state index contributed by atoms with van der Waals surface area (Å²) in [5.74, 6) is -1.23. The number of Topliss-reactive ketones (excluding diaryl/α,β-unsaturated/α-hetero) is 1. The topological polar surface area (TPSA) is 60.4 Å². The van der Waals surface area contributed by atoms with Crippen molar-refractivity contribution >= 4 is 17.7 Å². The summed E-state index contributed by atoms with van der Waals surface area (Å²) in [5, 5.41) is 0. The average molecular weight is 170 g/mol. The molecule has 0 amide bonds. The Balaban J connectivity index is 2.77. The van der Waals surface area contributed by atoms with Crippen LogP contribution in [0.2, 0.25) is 0 Å². The maximum Gasteiger partial charge on any atom is 0.320 e.